The van der Waals surface area contributed by atoms with Crippen LogP contribution in [-0.4, -0.2) is 23.3 Å². The number of nitrogens with zero attached hydrogens (tertiary/aromatic N) is 1. The number of ether oxygens (including phenoxy) is 1. The molecular formula is C14H16N2O2S2. The molecule has 0 saturated heterocycles. The van der Waals surface area contributed by atoms with Gasteiger partial charge in [0.2, 0.25) is 5.91 Å². The van der Waals surface area contributed by atoms with Gasteiger partial charge in [-0.2, -0.15) is 0 Å². The van der Waals surface area contributed by atoms with E-state index in [4.69, 9.17) is 4.74 Å². The molecule has 1 N–H and O–H groups in total. The Hall–Kier alpha value is -1.53. The lowest BCUT2D eigenvalue weighted by atomic mass is 10.3. The first-order valence-electron chi connectivity index (χ1n) is 6.13. The van der Waals surface area contributed by atoms with Gasteiger partial charge in [0.1, 0.15) is 5.75 Å². The van der Waals surface area contributed by atoms with Crippen LogP contribution in [0.2, 0.25) is 0 Å². The summed E-state index contributed by atoms with van der Waals surface area (Å²) in [4.78, 5) is 16.5. The number of aryl methyl sites for hydroxylation is 1. The second kappa shape index (κ2) is 6.76. The highest BCUT2D eigenvalue weighted by Crippen LogP contribution is 2.28. The van der Waals surface area contributed by atoms with Crippen LogP contribution in [0.1, 0.15) is 12.6 Å². The summed E-state index contributed by atoms with van der Waals surface area (Å²) in [6.07, 6.45) is 0. The molecule has 0 aliphatic rings. The van der Waals surface area contributed by atoms with E-state index in [0.29, 0.717) is 11.4 Å². The van der Waals surface area contributed by atoms with E-state index in [-0.39, 0.29) is 11.2 Å². The predicted octanol–water partition coefficient (Wildman–Crippen LogP) is 3.58. The minimum atomic E-state index is -0.217. The Kier molecular flexibility index (Phi) is 5.03. The van der Waals surface area contributed by atoms with E-state index in [0.717, 1.165) is 10.0 Å². The molecule has 2 aromatic rings. The van der Waals surface area contributed by atoms with Crippen molar-refractivity contribution < 1.29 is 9.53 Å². The van der Waals surface area contributed by atoms with Crippen molar-refractivity contribution >= 4 is 34.7 Å². The van der Waals surface area contributed by atoms with Crippen molar-refractivity contribution in [3.63, 3.8) is 0 Å². The number of para-hydroxylation sites is 2. The van der Waals surface area contributed by atoms with Gasteiger partial charge < -0.3 is 10.1 Å². The summed E-state index contributed by atoms with van der Waals surface area (Å²) in [6, 6.07) is 7.37. The molecule has 4 nitrogen and oxygen atoms in total. The lowest BCUT2D eigenvalue weighted by molar-refractivity contribution is -0.115. The summed E-state index contributed by atoms with van der Waals surface area (Å²) in [7, 11) is 1.58. The number of thiazole rings is 1. The lowest BCUT2D eigenvalue weighted by Crippen LogP contribution is -2.22. The van der Waals surface area contributed by atoms with Gasteiger partial charge in [-0.3, -0.25) is 4.79 Å². The molecule has 1 aromatic carbocycles. The molecule has 0 aliphatic heterocycles. The molecule has 0 saturated carbocycles. The predicted molar refractivity (Wildman–Crippen MR) is 83.8 cm³/mol. The van der Waals surface area contributed by atoms with Crippen LogP contribution in [0.3, 0.4) is 0 Å². The first-order valence-corrected chi connectivity index (χ1v) is 7.88. The number of methoxy groups -OCH3 is 1. The number of anilines is 1. The fraction of sp³-hybridized carbons (Fsp3) is 0.286. The average molecular weight is 308 g/mol. The smallest absolute Gasteiger partial charge is 0.237 e. The highest BCUT2D eigenvalue weighted by atomic mass is 32.2. The van der Waals surface area contributed by atoms with Crippen LogP contribution >= 0.6 is 23.1 Å². The molecule has 1 aromatic heterocycles. The normalized spacial score (nSPS) is 11.9. The third-order valence-corrected chi connectivity index (χ3v) is 4.80. The van der Waals surface area contributed by atoms with Gasteiger partial charge in [-0.1, -0.05) is 23.9 Å². The first kappa shape index (κ1) is 14.9. The van der Waals surface area contributed by atoms with Crippen molar-refractivity contribution in [3.05, 3.63) is 35.3 Å². The number of thioether (sulfide) groups is 1. The van der Waals surface area contributed by atoms with Crippen LogP contribution in [0.4, 0.5) is 5.69 Å². The summed E-state index contributed by atoms with van der Waals surface area (Å²) in [6.45, 7) is 3.81. The molecule has 1 atom stereocenters. The summed E-state index contributed by atoms with van der Waals surface area (Å²) in [5, 5.41) is 4.64. The van der Waals surface area contributed by atoms with E-state index in [1.807, 2.05) is 43.5 Å². The Morgan fingerprint density at radius 1 is 1.45 bits per heavy atom. The number of carbonyl (C=O) groups is 1. The van der Waals surface area contributed by atoms with Gasteiger partial charge in [-0.05, 0) is 26.0 Å². The van der Waals surface area contributed by atoms with Crippen LogP contribution in [0.25, 0.3) is 0 Å². The van der Waals surface area contributed by atoms with Gasteiger partial charge >= 0.3 is 0 Å². The van der Waals surface area contributed by atoms with Crippen LogP contribution in [-0.2, 0) is 4.79 Å². The van der Waals surface area contributed by atoms with Gasteiger partial charge in [0.05, 0.1) is 18.0 Å². The minimum Gasteiger partial charge on any atom is -0.495 e. The van der Waals surface area contributed by atoms with Crippen LogP contribution in [0, 0.1) is 6.92 Å². The number of carbonyl (C=O) groups excluding carboxylic acids is 1. The van der Waals surface area contributed by atoms with Crippen molar-refractivity contribution in [1.82, 2.24) is 4.98 Å². The molecule has 1 heterocycles. The SMILES string of the molecule is COc1ccccc1NC(=O)[C@H](C)Sc1nc(C)cs1. The van der Waals surface area contributed by atoms with Gasteiger partial charge in [-0.15, -0.1) is 11.3 Å². The second-order valence-electron chi connectivity index (χ2n) is 4.20. The van der Waals surface area contributed by atoms with E-state index in [1.54, 1.807) is 18.4 Å². The van der Waals surface area contributed by atoms with E-state index >= 15 is 0 Å². The maximum Gasteiger partial charge on any atom is 0.237 e. The Balaban J connectivity index is 2.00. The monoisotopic (exact) mass is 308 g/mol. The number of amides is 1. The van der Waals surface area contributed by atoms with Crippen LogP contribution in [0.5, 0.6) is 5.75 Å². The maximum atomic E-state index is 12.2. The van der Waals surface area contributed by atoms with E-state index in [1.165, 1.54) is 11.8 Å². The Bertz CT molecular complexity index is 598. The van der Waals surface area contributed by atoms with Crippen molar-refractivity contribution in [1.29, 1.82) is 0 Å². The molecule has 0 spiro atoms. The number of nitrogens with one attached hydrogen (secondary N) is 1. The number of benzene rings is 1. The van der Waals surface area contributed by atoms with Gasteiger partial charge in [0.25, 0.3) is 0 Å². The van der Waals surface area contributed by atoms with E-state index in [2.05, 4.69) is 10.3 Å². The summed E-state index contributed by atoms with van der Waals surface area (Å²) in [5.41, 5.74) is 1.66. The Labute approximate surface area is 126 Å². The molecule has 6 heteroatoms. The largest absolute Gasteiger partial charge is 0.495 e. The molecule has 106 valence electrons. The third-order valence-electron chi connectivity index (χ3n) is 2.61. The zero-order valence-corrected chi connectivity index (χ0v) is 13.2. The fourth-order valence-electron chi connectivity index (χ4n) is 1.57. The van der Waals surface area contributed by atoms with Gasteiger partial charge in [0.15, 0.2) is 4.34 Å². The zero-order chi connectivity index (χ0) is 14.5. The van der Waals surface area contributed by atoms with Crippen molar-refractivity contribution in [2.45, 2.75) is 23.4 Å². The molecule has 20 heavy (non-hydrogen) atoms. The molecule has 0 fully saturated rings. The van der Waals surface area contributed by atoms with Crippen molar-refractivity contribution in [3.8, 4) is 5.75 Å². The highest BCUT2D eigenvalue weighted by molar-refractivity contribution is 8.02. The summed E-state index contributed by atoms with van der Waals surface area (Å²) >= 11 is 3.02. The van der Waals surface area contributed by atoms with Gasteiger partial charge in [0, 0.05) is 11.1 Å². The molecule has 0 bridgehead atoms. The third kappa shape index (κ3) is 3.74. The number of hydrogen-bond acceptors (Lipinski definition) is 5. The van der Waals surface area contributed by atoms with Crippen molar-refractivity contribution in [2.24, 2.45) is 0 Å². The molecule has 0 unspecified atom stereocenters. The second-order valence-corrected chi connectivity index (χ2v) is 6.65. The molecule has 0 radical (unpaired) electrons. The first-order chi connectivity index (χ1) is 9.60. The fourth-order valence-corrected chi connectivity index (χ4v) is 3.56. The molecule has 1 amide bonds. The Morgan fingerprint density at radius 3 is 2.85 bits per heavy atom. The minimum absolute atomic E-state index is 0.0626. The summed E-state index contributed by atoms with van der Waals surface area (Å²) in [5.74, 6) is 0.593. The Morgan fingerprint density at radius 2 is 2.20 bits per heavy atom. The number of rotatable bonds is 5. The van der Waals surface area contributed by atoms with E-state index in [9.17, 15) is 4.79 Å². The standard InChI is InChI=1S/C14H16N2O2S2/c1-9-8-19-14(15-9)20-10(2)13(17)16-11-6-4-5-7-12(11)18-3/h4-8,10H,1-3H3,(H,16,17)/t10-/m0/s1. The highest BCUT2D eigenvalue weighted by Gasteiger charge is 2.17. The zero-order valence-electron chi connectivity index (χ0n) is 11.5. The molecule has 0 aliphatic carbocycles. The maximum absolute atomic E-state index is 12.2. The lowest BCUT2D eigenvalue weighted by Gasteiger charge is -2.13. The van der Waals surface area contributed by atoms with Crippen molar-refractivity contribution in [2.75, 3.05) is 12.4 Å². The van der Waals surface area contributed by atoms with Gasteiger partial charge in [-0.25, -0.2) is 4.98 Å². The molecule has 2 rings (SSSR count). The molecular weight excluding hydrogens is 292 g/mol. The topological polar surface area (TPSA) is 51.2 Å². The quantitative estimate of drug-likeness (QED) is 0.858. The number of aromatic nitrogens is 1. The number of hydrogen-bond donors (Lipinski definition) is 1. The summed E-state index contributed by atoms with van der Waals surface area (Å²) < 4.78 is 6.12. The average Bonchev–Trinajstić information content (AvgIpc) is 2.84. The van der Waals surface area contributed by atoms with Crippen LogP contribution < -0.4 is 10.1 Å². The van der Waals surface area contributed by atoms with E-state index < -0.39 is 0 Å². The van der Waals surface area contributed by atoms with Crippen LogP contribution in [0.15, 0.2) is 34.0 Å².